The summed E-state index contributed by atoms with van der Waals surface area (Å²) in [6, 6.07) is 43.7. The lowest BCUT2D eigenvalue weighted by atomic mass is 9.97. The second-order valence-electron chi connectivity index (χ2n) is 12.3. The number of rotatable bonds is 4. The minimum atomic E-state index is 0.600. The molecule has 3 heterocycles. The number of nitrogens with zero attached hydrogens (tertiary/aromatic N) is 3. The summed E-state index contributed by atoms with van der Waals surface area (Å²) >= 11 is 0. The maximum atomic E-state index is 6.54. The molecule has 0 saturated carbocycles. The predicted molar refractivity (Wildman–Crippen MR) is 193 cm³/mol. The van der Waals surface area contributed by atoms with Gasteiger partial charge in [-0.15, -0.1) is 0 Å². The Hall–Kier alpha value is -6.33. The second kappa shape index (κ2) is 10.6. The molecule has 0 spiro atoms. The van der Waals surface area contributed by atoms with Crippen LogP contribution < -0.4 is 0 Å². The van der Waals surface area contributed by atoms with Gasteiger partial charge in [-0.1, -0.05) is 109 Å². The molecule has 0 saturated heterocycles. The number of hydrogen-bond acceptors (Lipinski definition) is 5. The Labute approximate surface area is 275 Å². The van der Waals surface area contributed by atoms with Crippen molar-refractivity contribution in [3.8, 4) is 45.3 Å². The summed E-state index contributed by atoms with van der Waals surface area (Å²) in [6.45, 7) is 0. The van der Waals surface area contributed by atoms with Crippen molar-refractivity contribution < 1.29 is 8.83 Å². The van der Waals surface area contributed by atoms with Crippen LogP contribution in [0.1, 0.15) is 17.7 Å². The van der Waals surface area contributed by atoms with E-state index < -0.39 is 0 Å². The van der Waals surface area contributed by atoms with Gasteiger partial charge >= 0.3 is 0 Å². The van der Waals surface area contributed by atoms with Gasteiger partial charge in [0, 0.05) is 44.0 Å². The van der Waals surface area contributed by atoms with Crippen molar-refractivity contribution >= 4 is 49.8 Å². The molecule has 0 bridgehead atoms. The SMILES string of the molecule is C1=Cc2oc3c(-c4ccc5c(c4)oc4cccc(-c6nc(-c7ccccc7)nc(-c7ccc8ccccc8c7)n6)c45)cccc3c2CC1. The highest BCUT2D eigenvalue weighted by Crippen LogP contribution is 2.41. The van der Waals surface area contributed by atoms with Crippen molar-refractivity contribution in [1.82, 2.24) is 15.0 Å². The molecule has 0 N–H and O–H groups in total. The first-order valence-electron chi connectivity index (χ1n) is 16.2. The largest absolute Gasteiger partial charge is 0.456 e. The normalized spacial score (nSPS) is 12.8. The monoisotopic (exact) mass is 617 g/mol. The smallest absolute Gasteiger partial charge is 0.164 e. The first-order chi connectivity index (χ1) is 23.8. The average Bonchev–Trinajstić information content (AvgIpc) is 3.73. The number of aryl methyl sites for hydroxylation is 1. The number of furan rings is 2. The van der Waals surface area contributed by atoms with Gasteiger partial charge in [0.05, 0.1) is 0 Å². The lowest BCUT2D eigenvalue weighted by Crippen LogP contribution is -2.00. The topological polar surface area (TPSA) is 65.0 Å². The first-order valence-corrected chi connectivity index (χ1v) is 16.2. The summed E-state index contributed by atoms with van der Waals surface area (Å²) in [5.41, 5.74) is 8.67. The Bertz CT molecular complexity index is 2740. The van der Waals surface area contributed by atoms with E-state index in [1.54, 1.807) is 0 Å². The van der Waals surface area contributed by atoms with Crippen LogP contribution in [0, 0.1) is 0 Å². The van der Waals surface area contributed by atoms with E-state index in [1.807, 2.05) is 42.5 Å². The molecule has 0 radical (unpaired) electrons. The van der Waals surface area contributed by atoms with Gasteiger partial charge in [0.2, 0.25) is 0 Å². The van der Waals surface area contributed by atoms with Gasteiger partial charge in [-0.25, -0.2) is 15.0 Å². The van der Waals surface area contributed by atoms with Crippen LogP contribution in [0.15, 0.2) is 142 Å². The number of hydrogen-bond donors (Lipinski definition) is 0. The van der Waals surface area contributed by atoms with Crippen molar-refractivity contribution in [2.24, 2.45) is 0 Å². The fourth-order valence-electron chi connectivity index (χ4n) is 7.08. The number of allylic oxidation sites excluding steroid dienone is 1. The van der Waals surface area contributed by atoms with Crippen LogP contribution in [0.3, 0.4) is 0 Å². The van der Waals surface area contributed by atoms with Gasteiger partial charge in [0.25, 0.3) is 0 Å². The molecule has 1 aliphatic carbocycles. The van der Waals surface area contributed by atoms with E-state index in [1.165, 1.54) is 16.3 Å². The summed E-state index contributed by atoms with van der Waals surface area (Å²) in [6.07, 6.45) is 6.32. The highest BCUT2D eigenvalue weighted by atomic mass is 16.3. The molecule has 226 valence electrons. The third-order valence-corrected chi connectivity index (χ3v) is 9.40. The zero-order chi connectivity index (χ0) is 31.6. The van der Waals surface area contributed by atoms with Crippen molar-refractivity contribution in [3.05, 3.63) is 145 Å². The third-order valence-electron chi connectivity index (χ3n) is 9.40. The van der Waals surface area contributed by atoms with Gasteiger partial charge in [-0.2, -0.15) is 0 Å². The van der Waals surface area contributed by atoms with E-state index in [0.717, 1.165) is 79.3 Å². The standard InChI is InChI=1S/C43H27N3O2/c1-2-11-27(12-3-1)41-44-42(30-21-20-26-10-4-5-13-28(26)24-30)46-43(45-41)35-17-9-19-37-39(35)34-23-22-29(25-38(34)47-37)31-15-8-16-33-32-14-6-7-18-36(32)48-40(31)33/h1-5,7-13,15-25H,6,14H2. The Balaban J connectivity index is 1.15. The van der Waals surface area contributed by atoms with Crippen LogP contribution in [0.25, 0.3) is 95.0 Å². The predicted octanol–water partition coefficient (Wildman–Crippen LogP) is 11.3. The van der Waals surface area contributed by atoms with Crippen molar-refractivity contribution in [2.75, 3.05) is 0 Å². The number of aromatic nitrogens is 3. The molecule has 48 heavy (non-hydrogen) atoms. The van der Waals surface area contributed by atoms with Gasteiger partial charge in [-0.3, -0.25) is 0 Å². The van der Waals surface area contributed by atoms with E-state index in [-0.39, 0.29) is 0 Å². The fourth-order valence-corrected chi connectivity index (χ4v) is 7.08. The lowest BCUT2D eigenvalue weighted by Gasteiger charge is -2.10. The third kappa shape index (κ3) is 4.28. The maximum Gasteiger partial charge on any atom is 0.164 e. The van der Waals surface area contributed by atoms with Gasteiger partial charge in [0.15, 0.2) is 17.5 Å². The van der Waals surface area contributed by atoms with Crippen LogP contribution >= 0.6 is 0 Å². The average molecular weight is 618 g/mol. The van der Waals surface area contributed by atoms with Gasteiger partial charge < -0.3 is 8.83 Å². The highest BCUT2D eigenvalue weighted by Gasteiger charge is 2.21. The zero-order valence-corrected chi connectivity index (χ0v) is 25.9. The minimum absolute atomic E-state index is 0.600. The fraction of sp³-hybridized carbons (Fsp3) is 0.0465. The molecular formula is C43H27N3O2. The van der Waals surface area contributed by atoms with E-state index >= 15 is 0 Å². The Kier molecular flexibility index (Phi) is 5.93. The van der Waals surface area contributed by atoms with Crippen LogP contribution in [0.5, 0.6) is 0 Å². The molecule has 5 nitrogen and oxygen atoms in total. The number of benzene rings is 6. The molecule has 6 aromatic carbocycles. The first kappa shape index (κ1) is 26.8. The van der Waals surface area contributed by atoms with Crippen LogP contribution in [0.2, 0.25) is 0 Å². The van der Waals surface area contributed by atoms with Crippen molar-refractivity contribution in [1.29, 1.82) is 0 Å². The van der Waals surface area contributed by atoms with Crippen molar-refractivity contribution in [2.45, 2.75) is 12.8 Å². The molecule has 1 aliphatic rings. The molecule has 0 atom stereocenters. The van der Waals surface area contributed by atoms with E-state index in [0.29, 0.717) is 17.5 Å². The Morgan fingerprint density at radius 3 is 2.19 bits per heavy atom. The molecule has 0 aliphatic heterocycles. The zero-order valence-electron chi connectivity index (χ0n) is 25.9. The van der Waals surface area contributed by atoms with Crippen LogP contribution in [-0.4, -0.2) is 15.0 Å². The molecule has 3 aromatic heterocycles. The maximum absolute atomic E-state index is 6.54. The highest BCUT2D eigenvalue weighted by molar-refractivity contribution is 6.13. The quantitative estimate of drug-likeness (QED) is 0.197. The van der Waals surface area contributed by atoms with Crippen LogP contribution in [0.4, 0.5) is 0 Å². The molecule has 5 heteroatoms. The lowest BCUT2D eigenvalue weighted by molar-refractivity contribution is 0.596. The summed E-state index contributed by atoms with van der Waals surface area (Å²) in [5.74, 6) is 2.82. The summed E-state index contributed by atoms with van der Waals surface area (Å²) < 4.78 is 12.9. The second-order valence-corrected chi connectivity index (χ2v) is 12.3. The van der Waals surface area contributed by atoms with Gasteiger partial charge in [-0.05, 0) is 59.5 Å². The molecule has 0 amide bonds. The minimum Gasteiger partial charge on any atom is -0.456 e. The molecule has 10 rings (SSSR count). The molecular weight excluding hydrogens is 590 g/mol. The van der Waals surface area contributed by atoms with Crippen molar-refractivity contribution in [3.63, 3.8) is 0 Å². The number of para-hydroxylation sites is 1. The molecule has 0 fully saturated rings. The molecule has 0 unspecified atom stereocenters. The summed E-state index contributed by atoms with van der Waals surface area (Å²) in [7, 11) is 0. The molecule has 9 aromatic rings. The van der Waals surface area contributed by atoms with E-state index in [2.05, 4.69) is 97.1 Å². The van der Waals surface area contributed by atoms with E-state index in [9.17, 15) is 0 Å². The summed E-state index contributed by atoms with van der Waals surface area (Å²) in [4.78, 5) is 15.1. The Morgan fingerprint density at radius 2 is 1.27 bits per heavy atom. The Morgan fingerprint density at radius 1 is 0.500 bits per heavy atom. The number of fused-ring (bicyclic) bond motifs is 7. The van der Waals surface area contributed by atoms with E-state index in [4.69, 9.17) is 23.8 Å². The summed E-state index contributed by atoms with van der Waals surface area (Å²) in [5, 5.41) is 5.48. The van der Waals surface area contributed by atoms with Crippen LogP contribution in [-0.2, 0) is 6.42 Å². The van der Waals surface area contributed by atoms with Gasteiger partial charge in [0.1, 0.15) is 22.5 Å².